The predicted molar refractivity (Wildman–Crippen MR) is 79.0 cm³/mol. The molecule has 3 rings (SSSR count). The second-order valence-corrected chi connectivity index (χ2v) is 6.13. The van der Waals surface area contributed by atoms with Crippen LogP contribution < -0.4 is 0 Å². The predicted octanol–water partition coefficient (Wildman–Crippen LogP) is 1.99. The quantitative estimate of drug-likeness (QED) is 0.901. The van der Waals surface area contributed by atoms with Gasteiger partial charge in [-0.2, -0.15) is 15.4 Å². The number of aromatic nitrogens is 4. The second-order valence-electron chi connectivity index (χ2n) is 5.28. The van der Waals surface area contributed by atoms with Gasteiger partial charge in [-0.1, -0.05) is 23.2 Å². The molecule has 3 heterocycles. The van der Waals surface area contributed by atoms with Crippen LogP contribution in [0.5, 0.6) is 0 Å². The summed E-state index contributed by atoms with van der Waals surface area (Å²) in [4.78, 5) is 6.37. The minimum atomic E-state index is -0.982. The fourth-order valence-corrected chi connectivity index (χ4v) is 3.10. The molecule has 1 atom stereocenters. The smallest absolute Gasteiger partial charge is 0.123 e. The van der Waals surface area contributed by atoms with Crippen molar-refractivity contribution in [3.05, 3.63) is 39.9 Å². The molecule has 8 heteroatoms. The van der Waals surface area contributed by atoms with Gasteiger partial charge < -0.3 is 5.11 Å². The SMILES string of the molecule is O[C@]1(c2cn[nH]n2)CCCN(Cc2ncc(Cl)cc2Cl)C1. The van der Waals surface area contributed by atoms with Crippen LogP contribution >= 0.6 is 23.2 Å². The third kappa shape index (κ3) is 3.18. The van der Waals surface area contributed by atoms with E-state index in [-0.39, 0.29) is 0 Å². The number of hydrogen-bond donors (Lipinski definition) is 2. The number of piperidine rings is 1. The van der Waals surface area contributed by atoms with Crippen LogP contribution in [0.4, 0.5) is 0 Å². The van der Waals surface area contributed by atoms with Crippen LogP contribution in [0.15, 0.2) is 18.5 Å². The molecule has 21 heavy (non-hydrogen) atoms. The summed E-state index contributed by atoms with van der Waals surface area (Å²) in [6.45, 7) is 1.91. The summed E-state index contributed by atoms with van der Waals surface area (Å²) in [5.41, 5.74) is 0.345. The number of rotatable bonds is 3. The zero-order valence-electron chi connectivity index (χ0n) is 11.3. The summed E-state index contributed by atoms with van der Waals surface area (Å²) in [7, 11) is 0. The first-order valence-corrected chi connectivity index (χ1v) is 7.43. The van der Waals surface area contributed by atoms with Crippen LogP contribution in [0, 0.1) is 0 Å². The number of aromatic amines is 1. The Kier molecular flexibility index (Phi) is 4.12. The first-order chi connectivity index (χ1) is 10.1. The molecule has 0 spiro atoms. The normalized spacial score (nSPS) is 23.4. The van der Waals surface area contributed by atoms with Gasteiger partial charge >= 0.3 is 0 Å². The molecular weight excluding hydrogens is 313 g/mol. The van der Waals surface area contributed by atoms with Gasteiger partial charge in [0.1, 0.15) is 11.3 Å². The lowest BCUT2D eigenvalue weighted by Gasteiger charge is -2.37. The molecule has 0 aliphatic carbocycles. The van der Waals surface area contributed by atoms with Crippen molar-refractivity contribution in [2.75, 3.05) is 13.1 Å². The highest BCUT2D eigenvalue weighted by Gasteiger charge is 2.37. The highest BCUT2D eigenvalue weighted by atomic mass is 35.5. The van der Waals surface area contributed by atoms with E-state index in [9.17, 15) is 5.11 Å². The van der Waals surface area contributed by atoms with E-state index < -0.39 is 5.60 Å². The van der Waals surface area contributed by atoms with E-state index in [1.54, 1.807) is 18.5 Å². The van der Waals surface area contributed by atoms with Gasteiger partial charge in [0.15, 0.2) is 0 Å². The molecule has 1 aliphatic heterocycles. The molecule has 6 nitrogen and oxygen atoms in total. The number of β-amino-alcohol motifs (C(OH)–C–C–N with tert-alkyl or cyclic N) is 1. The van der Waals surface area contributed by atoms with E-state index in [1.807, 2.05) is 0 Å². The number of likely N-dealkylation sites (tertiary alicyclic amines) is 1. The molecule has 0 aromatic carbocycles. The van der Waals surface area contributed by atoms with E-state index in [0.29, 0.717) is 35.2 Å². The number of aliphatic hydroxyl groups is 1. The van der Waals surface area contributed by atoms with Gasteiger partial charge in [0.05, 0.1) is 21.9 Å². The molecule has 2 aromatic rings. The molecule has 0 amide bonds. The maximum atomic E-state index is 10.8. The van der Waals surface area contributed by atoms with E-state index in [2.05, 4.69) is 25.3 Å². The van der Waals surface area contributed by atoms with E-state index >= 15 is 0 Å². The Labute approximate surface area is 132 Å². The summed E-state index contributed by atoms with van der Waals surface area (Å²) < 4.78 is 0. The van der Waals surface area contributed by atoms with Crippen molar-refractivity contribution in [2.45, 2.75) is 25.0 Å². The second kappa shape index (κ2) is 5.88. The Morgan fingerprint density at radius 3 is 2.95 bits per heavy atom. The fraction of sp³-hybridized carbons (Fsp3) is 0.462. The number of pyridine rings is 1. The molecular formula is C13H15Cl2N5O. The van der Waals surface area contributed by atoms with Crippen molar-refractivity contribution in [2.24, 2.45) is 0 Å². The molecule has 2 N–H and O–H groups in total. The fourth-order valence-electron chi connectivity index (χ4n) is 2.66. The van der Waals surface area contributed by atoms with Crippen LogP contribution in [0.25, 0.3) is 0 Å². The summed E-state index contributed by atoms with van der Waals surface area (Å²) in [6, 6.07) is 1.68. The van der Waals surface area contributed by atoms with Gasteiger partial charge in [-0.3, -0.25) is 9.88 Å². The van der Waals surface area contributed by atoms with E-state index in [0.717, 1.165) is 18.7 Å². The lowest BCUT2D eigenvalue weighted by molar-refractivity contribution is -0.0417. The third-order valence-corrected chi connectivity index (χ3v) is 4.23. The largest absolute Gasteiger partial charge is 0.382 e. The van der Waals surface area contributed by atoms with Crippen LogP contribution in [0.2, 0.25) is 10.0 Å². The number of nitrogens with one attached hydrogen (secondary N) is 1. The Balaban J connectivity index is 1.74. The zero-order chi connectivity index (χ0) is 14.9. The summed E-state index contributed by atoms with van der Waals surface area (Å²) >= 11 is 12.0. The average molecular weight is 328 g/mol. The van der Waals surface area contributed by atoms with Gasteiger partial charge in [-0.15, -0.1) is 0 Å². The maximum absolute atomic E-state index is 10.8. The molecule has 2 aromatic heterocycles. The molecule has 0 saturated carbocycles. The van der Waals surface area contributed by atoms with Crippen molar-refractivity contribution >= 4 is 23.2 Å². The van der Waals surface area contributed by atoms with Crippen LogP contribution in [0.1, 0.15) is 24.2 Å². The highest BCUT2D eigenvalue weighted by molar-refractivity contribution is 6.34. The van der Waals surface area contributed by atoms with Gasteiger partial charge in [0.2, 0.25) is 0 Å². The highest BCUT2D eigenvalue weighted by Crippen LogP contribution is 2.31. The van der Waals surface area contributed by atoms with Crippen molar-refractivity contribution in [1.82, 2.24) is 25.3 Å². The molecule has 1 saturated heterocycles. The minimum absolute atomic E-state index is 0.472. The standard InChI is InChI=1S/C13H15Cl2N5O/c14-9-4-10(15)11(16-5-9)7-20-3-1-2-13(21,8-20)12-6-17-19-18-12/h4-6,21H,1-3,7-8H2,(H,17,18,19)/t13-/m1/s1. The maximum Gasteiger partial charge on any atom is 0.123 e. The van der Waals surface area contributed by atoms with Crippen LogP contribution in [0.3, 0.4) is 0 Å². The van der Waals surface area contributed by atoms with Crippen molar-refractivity contribution < 1.29 is 5.11 Å². The molecule has 1 aliphatic rings. The van der Waals surface area contributed by atoms with Crippen molar-refractivity contribution in [1.29, 1.82) is 0 Å². The zero-order valence-corrected chi connectivity index (χ0v) is 12.8. The Bertz CT molecular complexity index is 621. The minimum Gasteiger partial charge on any atom is -0.382 e. The molecule has 0 bridgehead atoms. The first kappa shape index (κ1) is 14.7. The molecule has 1 fully saturated rings. The topological polar surface area (TPSA) is 77.9 Å². The van der Waals surface area contributed by atoms with Gasteiger partial charge in [0, 0.05) is 19.3 Å². The average Bonchev–Trinajstić information content (AvgIpc) is 2.97. The van der Waals surface area contributed by atoms with Gasteiger partial charge in [-0.25, -0.2) is 0 Å². The Morgan fingerprint density at radius 1 is 1.38 bits per heavy atom. The number of halogens is 2. The monoisotopic (exact) mass is 327 g/mol. The lowest BCUT2D eigenvalue weighted by Crippen LogP contribution is -2.46. The van der Waals surface area contributed by atoms with Crippen molar-refractivity contribution in [3.8, 4) is 0 Å². The molecule has 112 valence electrons. The van der Waals surface area contributed by atoms with Crippen LogP contribution in [-0.2, 0) is 12.1 Å². The Morgan fingerprint density at radius 2 is 2.24 bits per heavy atom. The van der Waals surface area contributed by atoms with E-state index in [4.69, 9.17) is 23.2 Å². The molecule has 0 radical (unpaired) electrons. The summed E-state index contributed by atoms with van der Waals surface area (Å²) in [5, 5.41) is 22.1. The number of hydrogen-bond acceptors (Lipinski definition) is 5. The van der Waals surface area contributed by atoms with Crippen molar-refractivity contribution in [3.63, 3.8) is 0 Å². The number of nitrogens with zero attached hydrogens (tertiary/aromatic N) is 4. The molecule has 0 unspecified atom stereocenters. The third-order valence-electron chi connectivity index (χ3n) is 3.70. The number of H-pyrrole nitrogens is 1. The van der Waals surface area contributed by atoms with Gasteiger partial charge in [0.25, 0.3) is 0 Å². The van der Waals surface area contributed by atoms with E-state index in [1.165, 1.54) is 0 Å². The van der Waals surface area contributed by atoms with Gasteiger partial charge in [-0.05, 0) is 25.5 Å². The lowest BCUT2D eigenvalue weighted by atomic mass is 9.90. The summed E-state index contributed by atoms with van der Waals surface area (Å²) in [5.74, 6) is 0. The Hall–Kier alpha value is -1.21. The summed E-state index contributed by atoms with van der Waals surface area (Å²) in [6.07, 6.45) is 4.68. The van der Waals surface area contributed by atoms with Crippen LogP contribution in [-0.4, -0.2) is 43.5 Å². The first-order valence-electron chi connectivity index (χ1n) is 6.68.